The van der Waals surface area contributed by atoms with Crippen LogP contribution < -0.4 is 16.4 Å². The molecule has 2 unspecified atom stereocenters. The first-order valence-electron chi connectivity index (χ1n) is 7.28. The molecule has 1 aliphatic heterocycles. The van der Waals surface area contributed by atoms with Gasteiger partial charge in [-0.15, -0.1) is 12.6 Å². The molecule has 1 fully saturated rings. The van der Waals surface area contributed by atoms with E-state index in [-0.39, 0.29) is 18.0 Å². The third-order valence-electron chi connectivity index (χ3n) is 3.79. The minimum atomic E-state index is -0.0430. The van der Waals surface area contributed by atoms with E-state index in [1.165, 1.54) is 0 Å². The van der Waals surface area contributed by atoms with Crippen molar-refractivity contribution in [3.05, 3.63) is 41.1 Å². The molecule has 0 aromatic heterocycles. The third kappa shape index (κ3) is 4.02. The second-order valence-electron chi connectivity index (χ2n) is 5.53. The van der Waals surface area contributed by atoms with Gasteiger partial charge in [0.1, 0.15) is 0 Å². The lowest BCUT2D eigenvalue weighted by atomic mass is 10.0. The number of amides is 1. The fourth-order valence-corrected chi connectivity index (χ4v) is 2.61. The maximum atomic E-state index is 12.1. The quantitative estimate of drug-likeness (QED) is 0.645. The lowest BCUT2D eigenvalue weighted by molar-refractivity contribution is -0.123. The van der Waals surface area contributed by atoms with E-state index in [2.05, 4.69) is 23.3 Å². The summed E-state index contributed by atoms with van der Waals surface area (Å²) in [4.78, 5) is 12.9. The maximum absolute atomic E-state index is 12.1. The highest BCUT2D eigenvalue weighted by atomic mass is 32.1. The van der Waals surface area contributed by atoms with Crippen LogP contribution in [-0.4, -0.2) is 18.5 Å². The number of nitrogens with one attached hydrogen (secondary N) is 2. The highest BCUT2D eigenvalue weighted by Crippen LogP contribution is 2.22. The Morgan fingerprint density at radius 1 is 1.43 bits per heavy atom. The van der Waals surface area contributed by atoms with Gasteiger partial charge in [0.2, 0.25) is 5.91 Å². The number of carbonyl (C=O) groups is 1. The zero-order chi connectivity index (χ0) is 15.4. The number of hydrogen-bond acceptors (Lipinski definition) is 4. The lowest BCUT2D eigenvalue weighted by Gasteiger charge is -2.18. The largest absolute Gasteiger partial charge is 0.401 e. The molecule has 114 valence electrons. The highest BCUT2D eigenvalue weighted by Gasteiger charge is 2.23. The summed E-state index contributed by atoms with van der Waals surface area (Å²) >= 11 is 4.39. The van der Waals surface area contributed by atoms with Gasteiger partial charge in [-0.1, -0.05) is 24.3 Å². The second-order valence-corrected chi connectivity index (χ2v) is 5.98. The molecular weight excluding hydrogens is 282 g/mol. The molecule has 2 rings (SSSR count). The average Bonchev–Trinajstić information content (AvgIpc) is 3.00. The molecule has 0 bridgehead atoms. The van der Waals surface area contributed by atoms with Gasteiger partial charge in [-0.2, -0.15) is 0 Å². The molecule has 4 N–H and O–H groups in total. The monoisotopic (exact) mass is 305 g/mol. The number of allylic oxidation sites excluding steroid dienone is 1. The van der Waals surface area contributed by atoms with Gasteiger partial charge < -0.3 is 16.4 Å². The summed E-state index contributed by atoms with van der Waals surface area (Å²) in [6.07, 6.45) is 1.98. The Kier molecular flexibility index (Phi) is 5.31. The van der Waals surface area contributed by atoms with Crippen molar-refractivity contribution >= 4 is 23.4 Å². The fourth-order valence-electron chi connectivity index (χ4n) is 2.46. The van der Waals surface area contributed by atoms with Crippen molar-refractivity contribution in [2.24, 2.45) is 5.73 Å². The van der Waals surface area contributed by atoms with Crippen molar-refractivity contribution in [1.29, 1.82) is 0 Å². The molecule has 5 heteroatoms. The molecule has 1 heterocycles. The lowest BCUT2D eigenvalue weighted by Crippen LogP contribution is -2.41. The van der Waals surface area contributed by atoms with E-state index in [9.17, 15) is 4.79 Å². The smallest absolute Gasteiger partial charge is 0.237 e. The number of hydrogen-bond donors (Lipinski definition) is 4. The SMILES string of the molecule is C/C(N)=C(/S)c1ccc(C(C)NC(=O)C2CCCN2)cc1. The van der Waals surface area contributed by atoms with E-state index in [0.29, 0.717) is 5.70 Å². The van der Waals surface area contributed by atoms with Crippen molar-refractivity contribution in [2.75, 3.05) is 6.54 Å². The summed E-state index contributed by atoms with van der Waals surface area (Å²) in [7, 11) is 0. The maximum Gasteiger partial charge on any atom is 0.237 e. The van der Waals surface area contributed by atoms with E-state index in [1.54, 1.807) is 0 Å². The van der Waals surface area contributed by atoms with Crippen LogP contribution in [0.2, 0.25) is 0 Å². The van der Waals surface area contributed by atoms with E-state index >= 15 is 0 Å². The molecule has 4 nitrogen and oxygen atoms in total. The Balaban J connectivity index is 2.01. The minimum absolute atomic E-state index is 0.0136. The first-order chi connectivity index (χ1) is 9.99. The fraction of sp³-hybridized carbons (Fsp3) is 0.438. The van der Waals surface area contributed by atoms with Crippen LogP contribution in [0.3, 0.4) is 0 Å². The van der Waals surface area contributed by atoms with Gasteiger partial charge in [-0.25, -0.2) is 0 Å². The Bertz CT molecular complexity index is 529. The molecule has 1 aliphatic rings. The highest BCUT2D eigenvalue weighted by molar-refractivity contribution is 7.90. The minimum Gasteiger partial charge on any atom is -0.401 e. The standard InChI is InChI=1S/C16H23N3OS/c1-10(17)15(21)13-7-5-12(6-8-13)11(2)19-16(20)14-4-3-9-18-14/h5-8,11,14,18,21H,3-4,9,17H2,1-2H3,(H,19,20)/b15-10-. The molecule has 0 spiro atoms. The summed E-state index contributed by atoms with van der Waals surface area (Å²) < 4.78 is 0. The van der Waals surface area contributed by atoms with Crippen LogP contribution in [0.4, 0.5) is 0 Å². The van der Waals surface area contributed by atoms with Crippen molar-refractivity contribution in [3.63, 3.8) is 0 Å². The normalized spacial score (nSPS) is 20.8. The topological polar surface area (TPSA) is 67.1 Å². The van der Waals surface area contributed by atoms with Crippen LogP contribution in [-0.2, 0) is 4.79 Å². The molecule has 0 saturated carbocycles. The van der Waals surface area contributed by atoms with Gasteiger partial charge in [0.05, 0.1) is 12.1 Å². The van der Waals surface area contributed by atoms with Crippen LogP contribution in [0.25, 0.3) is 4.91 Å². The van der Waals surface area contributed by atoms with E-state index in [1.807, 2.05) is 38.1 Å². The van der Waals surface area contributed by atoms with Crippen LogP contribution in [0.5, 0.6) is 0 Å². The van der Waals surface area contributed by atoms with Gasteiger partial charge >= 0.3 is 0 Å². The Hall–Kier alpha value is -1.46. The molecule has 21 heavy (non-hydrogen) atoms. The van der Waals surface area contributed by atoms with Gasteiger partial charge in [0.25, 0.3) is 0 Å². The van der Waals surface area contributed by atoms with E-state index in [0.717, 1.165) is 35.4 Å². The Morgan fingerprint density at radius 3 is 2.62 bits per heavy atom. The van der Waals surface area contributed by atoms with Gasteiger partial charge in [-0.3, -0.25) is 4.79 Å². The van der Waals surface area contributed by atoms with Crippen LogP contribution in [0, 0.1) is 0 Å². The molecule has 1 saturated heterocycles. The first-order valence-corrected chi connectivity index (χ1v) is 7.73. The van der Waals surface area contributed by atoms with E-state index < -0.39 is 0 Å². The number of benzene rings is 1. The van der Waals surface area contributed by atoms with Crippen molar-refractivity contribution in [3.8, 4) is 0 Å². The van der Waals surface area contributed by atoms with Crippen molar-refractivity contribution in [1.82, 2.24) is 10.6 Å². The van der Waals surface area contributed by atoms with Crippen molar-refractivity contribution in [2.45, 2.75) is 38.8 Å². The van der Waals surface area contributed by atoms with Crippen molar-refractivity contribution < 1.29 is 4.79 Å². The predicted molar refractivity (Wildman–Crippen MR) is 89.8 cm³/mol. The Labute approximate surface area is 131 Å². The summed E-state index contributed by atoms with van der Waals surface area (Å²) in [6.45, 7) is 4.75. The van der Waals surface area contributed by atoms with Crippen LogP contribution in [0.1, 0.15) is 43.9 Å². The van der Waals surface area contributed by atoms with Crippen LogP contribution in [0.15, 0.2) is 30.0 Å². The summed E-state index contributed by atoms with van der Waals surface area (Å²) in [5, 5.41) is 6.26. The number of carbonyl (C=O) groups excluding carboxylic acids is 1. The third-order valence-corrected chi connectivity index (χ3v) is 4.40. The predicted octanol–water partition coefficient (Wildman–Crippen LogP) is 2.19. The number of nitrogens with two attached hydrogens (primary N) is 1. The zero-order valence-corrected chi connectivity index (χ0v) is 13.4. The number of rotatable bonds is 4. The summed E-state index contributed by atoms with van der Waals surface area (Å²) in [5.74, 6) is 0.0802. The average molecular weight is 305 g/mol. The number of thiol groups is 1. The first kappa shape index (κ1) is 15.9. The van der Waals surface area contributed by atoms with Gasteiger partial charge in [0.15, 0.2) is 0 Å². The molecule has 0 radical (unpaired) electrons. The molecule has 2 atom stereocenters. The van der Waals surface area contributed by atoms with Gasteiger partial charge in [-0.05, 0) is 44.4 Å². The van der Waals surface area contributed by atoms with Gasteiger partial charge in [0, 0.05) is 10.6 Å². The van der Waals surface area contributed by atoms with E-state index in [4.69, 9.17) is 5.73 Å². The Morgan fingerprint density at radius 2 is 2.10 bits per heavy atom. The zero-order valence-electron chi connectivity index (χ0n) is 12.5. The molecule has 0 aliphatic carbocycles. The second kappa shape index (κ2) is 7.00. The van der Waals surface area contributed by atoms with Crippen LogP contribution >= 0.6 is 12.6 Å². The molecule has 1 amide bonds. The molecular formula is C16H23N3OS. The summed E-state index contributed by atoms with van der Waals surface area (Å²) in [5.41, 5.74) is 8.49. The summed E-state index contributed by atoms with van der Waals surface area (Å²) in [6, 6.07) is 7.90. The molecule has 1 aromatic carbocycles. The molecule has 1 aromatic rings.